The second-order valence-electron chi connectivity index (χ2n) is 13.1. The lowest BCUT2D eigenvalue weighted by atomic mass is 9.77. The van der Waals surface area contributed by atoms with Crippen molar-refractivity contribution in [3.63, 3.8) is 0 Å². The van der Waals surface area contributed by atoms with Crippen molar-refractivity contribution in [1.82, 2.24) is 9.97 Å². The van der Waals surface area contributed by atoms with Gasteiger partial charge in [-0.2, -0.15) is 0 Å². The molecule has 1 N–H and O–H groups in total. The van der Waals surface area contributed by atoms with Gasteiger partial charge in [0.25, 0.3) is 0 Å². The van der Waals surface area contributed by atoms with E-state index in [0.29, 0.717) is 35.4 Å². The van der Waals surface area contributed by atoms with Gasteiger partial charge >= 0.3 is 5.97 Å². The average Bonchev–Trinajstić information content (AvgIpc) is 3.42. The topological polar surface area (TPSA) is 88.0 Å². The molecule has 0 aromatic carbocycles. The maximum Gasteiger partial charge on any atom is 0.305 e. The molecule has 2 saturated heterocycles. The predicted octanol–water partition coefficient (Wildman–Crippen LogP) is 6.01. The summed E-state index contributed by atoms with van der Waals surface area (Å²) in [6.45, 7) is 14.0. The summed E-state index contributed by atoms with van der Waals surface area (Å²) >= 11 is 0. The van der Waals surface area contributed by atoms with E-state index in [4.69, 9.17) is 9.47 Å². The van der Waals surface area contributed by atoms with Crippen LogP contribution < -0.4 is 19.3 Å². The Hall–Kier alpha value is -3.03. The highest BCUT2D eigenvalue weighted by Gasteiger charge is 2.40. The maximum atomic E-state index is 11.5. The second-order valence-corrected chi connectivity index (χ2v) is 13.1. The summed E-state index contributed by atoms with van der Waals surface area (Å²) < 4.78 is 11.9. The Morgan fingerprint density at radius 3 is 2.48 bits per heavy atom. The number of carbonyl (C=O) groups is 1. The summed E-state index contributed by atoms with van der Waals surface area (Å²) in [5, 5.41) is 9.43. The van der Waals surface area contributed by atoms with Gasteiger partial charge in [-0.25, -0.2) is 9.97 Å². The molecular weight excluding hydrogens is 504 g/mol. The zero-order valence-electron chi connectivity index (χ0n) is 25.0. The molecule has 2 aliphatic heterocycles. The zero-order chi connectivity index (χ0) is 28.6. The first-order valence-electron chi connectivity index (χ1n) is 15.0. The van der Waals surface area contributed by atoms with Gasteiger partial charge in [0.1, 0.15) is 6.10 Å². The number of ether oxygens (including phenoxy) is 2. The normalized spacial score (nSPS) is 29.9. The molecule has 0 radical (unpaired) electrons. The van der Waals surface area contributed by atoms with Crippen molar-refractivity contribution >= 4 is 17.3 Å². The van der Waals surface area contributed by atoms with Crippen LogP contribution in [0.3, 0.4) is 0 Å². The molecule has 0 amide bonds. The van der Waals surface area contributed by atoms with Crippen molar-refractivity contribution in [2.75, 3.05) is 36.5 Å². The Kier molecular flexibility index (Phi) is 8.16. The highest BCUT2D eigenvalue weighted by molar-refractivity contribution is 5.69. The number of aromatic nitrogens is 2. The Morgan fingerprint density at radius 1 is 1.07 bits per heavy atom. The highest BCUT2D eigenvalue weighted by Crippen LogP contribution is 2.51. The van der Waals surface area contributed by atoms with Gasteiger partial charge < -0.3 is 24.4 Å². The van der Waals surface area contributed by atoms with Gasteiger partial charge in [0.2, 0.25) is 11.8 Å². The van der Waals surface area contributed by atoms with Crippen LogP contribution in [0.15, 0.2) is 30.6 Å². The molecule has 4 heterocycles. The molecule has 8 heteroatoms. The molecule has 3 fully saturated rings. The van der Waals surface area contributed by atoms with Crippen LogP contribution in [0.25, 0.3) is 0 Å². The van der Waals surface area contributed by atoms with Crippen molar-refractivity contribution in [1.29, 1.82) is 0 Å². The van der Waals surface area contributed by atoms with E-state index >= 15 is 0 Å². The smallest absolute Gasteiger partial charge is 0.305 e. The maximum absolute atomic E-state index is 11.5. The summed E-state index contributed by atoms with van der Waals surface area (Å²) in [5.41, 5.74) is 3.84. The molecule has 40 heavy (non-hydrogen) atoms. The van der Waals surface area contributed by atoms with Gasteiger partial charge in [-0.15, -0.1) is 0 Å². The van der Waals surface area contributed by atoms with E-state index in [1.807, 2.05) is 24.5 Å². The second kappa shape index (κ2) is 11.5. The number of aliphatic carboxylic acids is 1. The van der Waals surface area contributed by atoms with E-state index in [-0.39, 0.29) is 24.0 Å². The minimum absolute atomic E-state index is 0.0167. The lowest BCUT2D eigenvalue weighted by Crippen LogP contribution is -2.45. The van der Waals surface area contributed by atoms with Gasteiger partial charge in [0.15, 0.2) is 0 Å². The number of hydrogen-bond donors (Lipinski definition) is 1. The third-order valence-corrected chi connectivity index (χ3v) is 9.99. The molecule has 5 rings (SSSR count). The summed E-state index contributed by atoms with van der Waals surface area (Å²) in [6.07, 6.45) is 8.73. The largest absolute Gasteiger partial charge is 0.481 e. The number of hydrogen-bond acceptors (Lipinski definition) is 7. The number of piperidine rings is 1. The molecule has 8 nitrogen and oxygen atoms in total. The number of pyridine rings is 2. The first kappa shape index (κ1) is 28.5. The van der Waals surface area contributed by atoms with E-state index in [1.54, 1.807) is 7.11 Å². The van der Waals surface area contributed by atoms with Crippen LogP contribution in [0.5, 0.6) is 11.8 Å². The van der Waals surface area contributed by atoms with Gasteiger partial charge in [-0.3, -0.25) is 4.79 Å². The fraction of sp³-hybridized carbons (Fsp3) is 0.656. The molecule has 2 aromatic heterocycles. The van der Waals surface area contributed by atoms with Crippen molar-refractivity contribution in [2.45, 2.75) is 84.8 Å². The Morgan fingerprint density at radius 2 is 1.85 bits per heavy atom. The Labute approximate surface area is 239 Å². The number of carboxylic acids is 1. The number of carboxylic acid groups (broad SMARTS) is 1. The van der Waals surface area contributed by atoms with Crippen molar-refractivity contribution in [3.8, 4) is 11.8 Å². The van der Waals surface area contributed by atoms with Crippen molar-refractivity contribution < 1.29 is 19.4 Å². The van der Waals surface area contributed by atoms with Crippen LogP contribution in [0, 0.1) is 23.2 Å². The van der Waals surface area contributed by atoms with E-state index in [2.05, 4.69) is 60.5 Å². The van der Waals surface area contributed by atoms with E-state index in [0.717, 1.165) is 31.7 Å². The molecule has 1 aliphatic carbocycles. The van der Waals surface area contributed by atoms with E-state index in [1.165, 1.54) is 30.5 Å². The van der Waals surface area contributed by atoms with Gasteiger partial charge in [0, 0.05) is 62.0 Å². The number of anilines is 2. The van der Waals surface area contributed by atoms with Crippen LogP contribution in [0.4, 0.5) is 11.4 Å². The standard InChI is InChI=1S/C32H46N4O4/c1-20-19-36(26(22(20)3)15-31(37)38)23-9-10-29(33-16-23)40-28-11-13-35(18-21(28)2)27-14-30(39-6)34-17-24(27)25-8-7-12-32(25,4)5/h9-10,14,16-17,20-22,25-26,28H,7-8,11-13,15,18-19H2,1-6H3,(H,37,38)/t20-,21?,22+,25?,26-,28?/m0/s1. The average molecular weight is 551 g/mol. The van der Waals surface area contributed by atoms with Crippen LogP contribution in [-0.4, -0.2) is 59.9 Å². The van der Waals surface area contributed by atoms with Crippen LogP contribution in [0.1, 0.15) is 78.2 Å². The first-order chi connectivity index (χ1) is 19.1. The minimum Gasteiger partial charge on any atom is -0.481 e. The monoisotopic (exact) mass is 550 g/mol. The van der Waals surface area contributed by atoms with Crippen molar-refractivity contribution in [3.05, 3.63) is 36.2 Å². The highest BCUT2D eigenvalue weighted by atomic mass is 16.5. The molecule has 6 atom stereocenters. The number of methoxy groups -OCH3 is 1. The lowest BCUT2D eigenvalue weighted by Gasteiger charge is -2.40. The Bertz CT molecular complexity index is 1190. The molecule has 0 bridgehead atoms. The van der Waals surface area contributed by atoms with Crippen LogP contribution in [-0.2, 0) is 4.79 Å². The lowest BCUT2D eigenvalue weighted by molar-refractivity contribution is -0.137. The number of nitrogens with zero attached hydrogens (tertiary/aromatic N) is 4. The molecule has 3 unspecified atom stereocenters. The SMILES string of the molecule is COc1cc(N2CCC(Oc3ccc(N4C[C@H](C)[C@@H](C)[C@@H]4CC(=O)O)cn3)C(C)C2)c(C2CCCC2(C)C)cn1. The van der Waals surface area contributed by atoms with Crippen LogP contribution >= 0.6 is 0 Å². The summed E-state index contributed by atoms with van der Waals surface area (Å²) in [7, 11) is 1.68. The third kappa shape index (κ3) is 5.72. The molecule has 3 aliphatic rings. The van der Waals surface area contributed by atoms with Gasteiger partial charge in [-0.1, -0.05) is 41.0 Å². The quantitative estimate of drug-likeness (QED) is 0.428. The molecule has 218 valence electrons. The molecular formula is C32H46N4O4. The van der Waals surface area contributed by atoms with E-state index in [9.17, 15) is 9.90 Å². The number of rotatable bonds is 8. The van der Waals surface area contributed by atoms with Crippen molar-refractivity contribution in [2.24, 2.45) is 23.2 Å². The summed E-state index contributed by atoms with van der Waals surface area (Å²) in [6, 6.07) is 6.07. The molecule has 0 spiro atoms. The Balaban J connectivity index is 1.26. The minimum atomic E-state index is -0.756. The fourth-order valence-electron chi connectivity index (χ4n) is 7.33. The summed E-state index contributed by atoms with van der Waals surface area (Å²) in [5.74, 6) is 2.11. The third-order valence-electron chi connectivity index (χ3n) is 9.99. The first-order valence-corrected chi connectivity index (χ1v) is 15.0. The van der Waals surface area contributed by atoms with Gasteiger partial charge in [0.05, 0.1) is 25.4 Å². The molecule has 2 aromatic rings. The fourth-order valence-corrected chi connectivity index (χ4v) is 7.33. The van der Waals surface area contributed by atoms with E-state index < -0.39 is 5.97 Å². The molecule has 1 saturated carbocycles. The van der Waals surface area contributed by atoms with Crippen LogP contribution in [0.2, 0.25) is 0 Å². The predicted molar refractivity (Wildman–Crippen MR) is 158 cm³/mol. The zero-order valence-corrected chi connectivity index (χ0v) is 25.0. The summed E-state index contributed by atoms with van der Waals surface area (Å²) in [4.78, 5) is 25.4. The van der Waals surface area contributed by atoms with Gasteiger partial charge in [-0.05, 0) is 47.6 Å².